The van der Waals surface area contributed by atoms with E-state index in [2.05, 4.69) is 4.98 Å². The van der Waals surface area contributed by atoms with Gasteiger partial charge >= 0.3 is 0 Å². The van der Waals surface area contributed by atoms with E-state index in [0.29, 0.717) is 33.2 Å². The fourth-order valence-electron chi connectivity index (χ4n) is 2.07. The van der Waals surface area contributed by atoms with Crippen LogP contribution in [0.4, 0.5) is 0 Å². The van der Waals surface area contributed by atoms with Gasteiger partial charge in [-0.1, -0.05) is 11.8 Å². The van der Waals surface area contributed by atoms with Crippen LogP contribution in [0.15, 0.2) is 35.4 Å². The number of benzene rings is 1. The Kier molecular flexibility index (Phi) is 5.72. The summed E-state index contributed by atoms with van der Waals surface area (Å²) < 4.78 is 5.08. The zero-order valence-electron chi connectivity index (χ0n) is 13.6. The summed E-state index contributed by atoms with van der Waals surface area (Å²) >= 11 is 1.20. The van der Waals surface area contributed by atoms with Crippen molar-refractivity contribution in [3.63, 3.8) is 0 Å². The molecule has 0 atom stereocenters. The molecule has 0 saturated heterocycles. The molecule has 2 aromatic rings. The van der Waals surface area contributed by atoms with Gasteiger partial charge in [0, 0.05) is 16.8 Å². The summed E-state index contributed by atoms with van der Waals surface area (Å²) in [5.41, 5.74) is 1.70. The maximum Gasteiger partial charge on any atom is 0.194 e. The van der Waals surface area contributed by atoms with Crippen molar-refractivity contribution in [1.82, 2.24) is 4.98 Å². The van der Waals surface area contributed by atoms with Crippen LogP contribution in [-0.4, -0.2) is 29.4 Å². The Morgan fingerprint density at radius 3 is 2.50 bits per heavy atom. The Hall–Kier alpha value is -2.65. The van der Waals surface area contributed by atoms with Crippen LogP contribution in [-0.2, 0) is 4.79 Å². The number of hydrogen-bond donors (Lipinski definition) is 0. The van der Waals surface area contributed by atoms with Gasteiger partial charge in [0.05, 0.1) is 18.4 Å². The molecule has 0 saturated carbocycles. The Bertz CT molecular complexity index is 823. The first-order valence-electron chi connectivity index (χ1n) is 7.19. The third-order valence-electron chi connectivity index (χ3n) is 3.31. The molecule has 0 amide bonds. The van der Waals surface area contributed by atoms with E-state index in [1.54, 1.807) is 38.3 Å². The summed E-state index contributed by atoms with van der Waals surface area (Å²) in [7, 11) is 1.56. The molecular formula is C18H16N2O3S. The molecule has 0 bridgehead atoms. The van der Waals surface area contributed by atoms with Gasteiger partial charge < -0.3 is 4.74 Å². The second-order valence-electron chi connectivity index (χ2n) is 5.13. The standard InChI is InChI=1S/C18H16N2O3S/c1-11(21)10-24-18-14(9-19)8-16(12(2)20-18)17(22)13-4-6-15(23-3)7-5-13/h4-8H,10H2,1-3H3. The molecule has 24 heavy (non-hydrogen) atoms. The highest BCUT2D eigenvalue weighted by molar-refractivity contribution is 8.00. The predicted octanol–water partition coefficient (Wildman–Crippen LogP) is 3.18. The van der Waals surface area contributed by atoms with E-state index in [9.17, 15) is 14.9 Å². The first-order chi connectivity index (χ1) is 11.5. The number of aromatic nitrogens is 1. The van der Waals surface area contributed by atoms with Crippen molar-refractivity contribution in [2.45, 2.75) is 18.9 Å². The van der Waals surface area contributed by atoms with Crippen LogP contribution in [0.25, 0.3) is 0 Å². The van der Waals surface area contributed by atoms with Gasteiger partial charge in [-0.2, -0.15) is 5.26 Å². The largest absolute Gasteiger partial charge is 0.497 e. The minimum atomic E-state index is -0.206. The third-order valence-corrected chi connectivity index (χ3v) is 4.44. The normalized spacial score (nSPS) is 10.1. The first-order valence-corrected chi connectivity index (χ1v) is 8.17. The van der Waals surface area contributed by atoms with Crippen molar-refractivity contribution >= 4 is 23.3 Å². The number of carbonyl (C=O) groups excluding carboxylic acids is 2. The van der Waals surface area contributed by atoms with Crippen molar-refractivity contribution in [1.29, 1.82) is 5.26 Å². The number of Topliss-reactive ketones (excluding diaryl/α,β-unsaturated/α-hetero) is 1. The van der Waals surface area contributed by atoms with E-state index < -0.39 is 0 Å². The van der Waals surface area contributed by atoms with Gasteiger partial charge in [0.1, 0.15) is 22.6 Å². The van der Waals surface area contributed by atoms with Crippen molar-refractivity contribution in [3.8, 4) is 11.8 Å². The van der Waals surface area contributed by atoms with Crippen molar-refractivity contribution in [2.75, 3.05) is 12.9 Å². The van der Waals surface area contributed by atoms with Gasteiger partial charge in [-0.25, -0.2) is 4.98 Å². The van der Waals surface area contributed by atoms with E-state index in [0.717, 1.165) is 0 Å². The summed E-state index contributed by atoms with van der Waals surface area (Å²) in [6, 6.07) is 10.3. The van der Waals surface area contributed by atoms with Gasteiger partial charge in [-0.3, -0.25) is 9.59 Å². The lowest BCUT2D eigenvalue weighted by atomic mass is 10.0. The fraction of sp³-hybridized carbons (Fsp3) is 0.222. The average Bonchev–Trinajstić information content (AvgIpc) is 2.59. The Labute approximate surface area is 144 Å². The summed E-state index contributed by atoms with van der Waals surface area (Å²) in [4.78, 5) is 28.1. The maximum atomic E-state index is 12.7. The second-order valence-corrected chi connectivity index (χ2v) is 6.10. The van der Waals surface area contributed by atoms with Crippen LogP contribution < -0.4 is 4.74 Å². The monoisotopic (exact) mass is 340 g/mol. The lowest BCUT2D eigenvalue weighted by molar-refractivity contribution is -0.114. The molecule has 2 rings (SSSR count). The Morgan fingerprint density at radius 1 is 1.29 bits per heavy atom. The number of hydrogen-bond acceptors (Lipinski definition) is 6. The van der Waals surface area contributed by atoms with Gasteiger partial charge in [0.15, 0.2) is 5.78 Å². The summed E-state index contributed by atoms with van der Waals surface area (Å²) in [6.07, 6.45) is 0. The van der Waals surface area contributed by atoms with E-state index in [4.69, 9.17) is 4.74 Å². The number of rotatable bonds is 6. The zero-order chi connectivity index (χ0) is 17.7. The number of pyridine rings is 1. The number of nitriles is 1. The molecule has 0 fully saturated rings. The van der Waals surface area contributed by atoms with Crippen LogP contribution >= 0.6 is 11.8 Å². The van der Waals surface area contributed by atoms with E-state index >= 15 is 0 Å². The van der Waals surface area contributed by atoms with Crippen LogP contribution in [0.5, 0.6) is 5.75 Å². The number of carbonyl (C=O) groups is 2. The third kappa shape index (κ3) is 4.00. The van der Waals surface area contributed by atoms with Crippen LogP contribution in [0, 0.1) is 18.3 Å². The minimum absolute atomic E-state index is 0.00160. The number of ketones is 2. The molecule has 122 valence electrons. The van der Waals surface area contributed by atoms with Crippen LogP contribution in [0.1, 0.15) is 34.1 Å². The number of ether oxygens (including phenoxy) is 1. The molecule has 0 radical (unpaired) electrons. The van der Waals surface area contributed by atoms with Crippen molar-refractivity contribution < 1.29 is 14.3 Å². The highest BCUT2D eigenvalue weighted by atomic mass is 32.2. The van der Waals surface area contributed by atoms with Crippen molar-refractivity contribution in [2.24, 2.45) is 0 Å². The molecular weight excluding hydrogens is 324 g/mol. The van der Waals surface area contributed by atoms with Crippen LogP contribution in [0.2, 0.25) is 0 Å². The molecule has 0 unspecified atom stereocenters. The zero-order valence-corrected chi connectivity index (χ0v) is 14.4. The molecule has 0 N–H and O–H groups in total. The number of aryl methyl sites for hydroxylation is 1. The number of thioether (sulfide) groups is 1. The smallest absolute Gasteiger partial charge is 0.194 e. The van der Waals surface area contributed by atoms with Gasteiger partial charge in [-0.15, -0.1) is 0 Å². The highest BCUT2D eigenvalue weighted by Crippen LogP contribution is 2.24. The minimum Gasteiger partial charge on any atom is -0.497 e. The van der Waals surface area contributed by atoms with Gasteiger partial charge in [-0.05, 0) is 44.2 Å². The van der Waals surface area contributed by atoms with Crippen LogP contribution in [0.3, 0.4) is 0 Å². The molecule has 0 aliphatic heterocycles. The second kappa shape index (κ2) is 7.75. The Morgan fingerprint density at radius 2 is 1.96 bits per heavy atom. The molecule has 0 aliphatic carbocycles. The van der Waals surface area contributed by atoms with E-state index in [1.807, 2.05) is 6.07 Å². The number of methoxy groups -OCH3 is 1. The SMILES string of the molecule is COc1ccc(C(=O)c2cc(C#N)c(SCC(C)=O)nc2C)cc1. The topological polar surface area (TPSA) is 80.0 Å². The molecule has 5 nitrogen and oxygen atoms in total. The van der Waals surface area contributed by atoms with Gasteiger partial charge in [0.2, 0.25) is 0 Å². The fourth-order valence-corrected chi connectivity index (χ4v) is 2.87. The number of nitrogens with zero attached hydrogens (tertiary/aromatic N) is 2. The van der Waals surface area contributed by atoms with E-state index in [-0.39, 0.29) is 17.3 Å². The summed E-state index contributed by atoms with van der Waals surface area (Å²) in [5.74, 6) is 0.700. The lowest BCUT2D eigenvalue weighted by Crippen LogP contribution is -2.07. The molecule has 6 heteroatoms. The predicted molar refractivity (Wildman–Crippen MR) is 91.5 cm³/mol. The molecule has 1 heterocycles. The Balaban J connectivity index is 2.37. The van der Waals surface area contributed by atoms with Gasteiger partial charge in [0.25, 0.3) is 0 Å². The lowest BCUT2D eigenvalue weighted by Gasteiger charge is -2.09. The van der Waals surface area contributed by atoms with Crippen molar-refractivity contribution in [3.05, 3.63) is 52.7 Å². The maximum absolute atomic E-state index is 12.7. The molecule has 0 aliphatic rings. The highest BCUT2D eigenvalue weighted by Gasteiger charge is 2.17. The summed E-state index contributed by atoms with van der Waals surface area (Å²) in [6.45, 7) is 3.20. The molecule has 1 aromatic carbocycles. The van der Waals surface area contributed by atoms with E-state index in [1.165, 1.54) is 24.8 Å². The molecule has 1 aromatic heterocycles. The summed E-state index contributed by atoms with van der Waals surface area (Å²) in [5, 5.41) is 9.77. The quantitative estimate of drug-likeness (QED) is 0.593. The first kappa shape index (κ1) is 17.7. The average molecular weight is 340 g/mol. The molecule has 0 spiro atoms.